The number of nitrogens with two attached hydrogens (primary N) is 1. The van der Waals surface area contributed by atoms with Crippen LogP contribution in [0.4, 0.5) is 0 Å². The molecule has 1 aromatic rings. The van der Waals surface area contributed by atoms with Crippen LogP contribution in [0.5, 0.6) is 0 Å². The zero-order chi connectivity index (χ0) is 9.31. The van der Waals surface area contributed by atoms with E-state index >= 15 is 0 Å². The zero-order valence-electron chi connectivity index (χ0n) is 8.05. The van der Waals surface area contributed by atoms with Gasteiger partial charge in [0.05, 0.1) is 10.7 Å². The first-order chi connectivity index (χ1) is 6.18. The molecular weight excluding hydrogens is 180 g/mol. The van der Waals surface area contributed by atoms with Gasteiger partial charge in [0.15, 0.2) is 0 Å². The minimum absolute atomic E-state index is 0.0561. The van der Waals surface area contributed by atoms with E-state index in [-0.39, 0.29) is 5.54 Å². The van der Waals surface area contributed by atoms with Gasteiger partial charge in [0, 0.05) is 17.3 Å². The van der Waals surface area contributed by atoms with Crippen molar-refractivity contribution in [3.63, 3.8) is 0 Å². The average Bonchev–Trinajstić information content (AvgIpc) is 2.62. The Morgan fingerprint density at radius 2 is 2.23 bits per heavy atom. The summed E-state index contributed by atoms with van der Waals surface area (Å²) in [6.45, 7) is 2.05. The highest BCUT2D eigenvalue weighted by molar-refractivity contribution is 7.09. The summed E-state index contributed by atoms with van der Waals surface area (Å²) in [5.74, 6) is 0. The fraction of sp³-hybridized carbons (Fsp3) is 0.700. The van der Waals surface area contributed by atoms with E-state index in [1.54, 1.807) is 11.3 Å². The van der Waals surface area contributed by atoms with Crippen molar-refractivity contribution in [1.29, 1.82) is 0 Å². The highest BCUT2D eigenvalue weighted by Gasteiger charge is 2.29. The van der Waals surface area contributed by atoms with Crippen LogP contribution in [0, 0.1) is 6.92 Å². The molecule has 0 radical (unpaired) electrons. The van der Waals surface area contributed by atoms with Gasteiger partial charge in [-0.15, -0.1) is 11.3 Å². The minimum Gasteiger partial charge on any atom is -0.325 e. The fourth-order valence-corrected chi connectivity index (χ4v) is 2.72. The molecular formula is C10H16N2S. The number of rotatable bonds is 2. The first-order valence-corrected chi connectivity index (χ1v) is 5.76. The third-order valence-corrected chi connectivity index (χ3v) is 3.62. The molecule has 2 N–H and O–H groups in total. The molecule has 0 spiro atoms. The Balaban J connectivity index is 2.04. The van der Waals surface area contributed by atoms with Crippen LogP contribution in [0.1, 0.15) is 36.4 Å². The van der Waals surface area contributed by atoms with Crippen molar-refractivity contribution in [1.82, 2.24) is 4.98 Å². The number of hydrogen-bond donors (Lipinski definition) is 1. The van der Waals surface area contributed by atoms with Gasteiger partial charge in [-0.1, -0.05) is 12.8 Å². The van der Waals surface area contributed by atoms with Gasteiger partial charge in [-0.05, 0) is 19.8 Å². The van der Waals surface area contributed by atoms with Crippen LogP contribution in [-0.2, 0) is 6.42 Å². The van der Waals surface area contributed by atoms with Crippen LogP contribution >= 0.6 is 11.3 Å². The lowest BCUT2D eigenvalue weighted by molar-refractivity contribution is 0.432. The lowest BCUT2D eigenvalue weighted by atomic mass is 9.93. The van der Waals surface area contributed by atoms with Crippen molar-refractivity contribution < 1.29 is 0 Å². The largest absolute Gasteiger partial charge is 0.325 e. The summed E-state index contributed by atoms with van der Waals surface area (Å²) in [6.07, 6.45) is 5.89. The number of hydrogen-bond acceptors (Lipinski definition) is 3. The highest BCUT2D eigenvalue weighted by Crippen LogP contribution is 2.30. The second-order valence-electron chi connectivity index (χ2n) is 4.10. The van der Waals surface area contributed by atoms with Crippen molar-refractivity contribution >= 4 is 11.3 Å². The van der Waals surface area contributed by atoms with Crippen LogP contribution in [0.25, 0.3) is 0 Å². The number of aromatic nitrogens is 1. The van der Waals surface area contributed by atoms with E-state index in [9.17, 15) is 0 Å². The zero-order valence-corrected chi connectivity index (χ0v) is 8.86. The molecule has 1 saturated carbocycles. The molecule has 0 bridgehead atoms. The van der Waals surface area contributed by atoms with Crippen LogP contribution in [0.3, 0.4) is 0 Å². The van der Waals surface area contributed by atoms with E-state index in [2.05, 4.69) is 10.4 Å². The van der Waals surface area contributed by atoms with Gasteiger partial charge in [-0.25, -0.2) is 4.98 Å². The van der Waals surface area contributed by atoms with Crippen LogP contribution in [-0.4, -0.2) is 10.5 Å². The summed E-state index contributed by atoms with van der Waals surface area (Å²) in [6, 6.07) is 0. The van der Waals surface area contributed by atoms with Crippen LogP contribution in [0.15, 0.2) is 5.38 Å². The third-order valence-electron chi connectivity index (χ3n) is 2.80. The van der Waals surface area contributed by atoms with Gasteiger partial charge in [-0.2, -0.15) is 0 Å². The Morgan fingerprint density at radius 1 is 1.54 bits per heavy atom. The topological polar surface area (TPSA) is 38.9 Å². The van der Waals surface area contributed by atoms with Gasteiger partial charge < -0.3 is 5.73 Å². The first-order valence-electron chi connectivity index (χ1n) is 4.88. The first kappa shape index (κ1) is 9.16. The molecule has 13 heavy (non-hydrogen) atoms. The van der Waals surface area contributed by atoms with Gasteiger partial charge in [-0.3, -0.25) is 0 Å². The third kappa shape index (κ3) is 2.09. The average molecular weight is 196 g/mol. The Kier molecular flexibility index (Phi) is 2.39. The van der Waals surface area contributed by atoms with Gasteiger partial charge in [0.25, 0.3) is 0 Å². The molecule has 0 unspecified atom stereocenters. The molecule has 2 nitrogen and oxygen atoms in total. The minimum atomic E-state index is 0.0561. The summed E-state index contributed by atoms with van der Waals surface area (Å²) in [7, 11) is 0. The Hall–Kier alpha value is -0.410. The van der Waals surface area contributed by atoms with E-state index < -0.39 is 0 Å². The van der Waals surface area contributed by atoms with Crippen LogP contribution in [0.2, 0.25) is 0 Å². The predicted molar refractivity (Wildman–Crippen MR) is 55.9 cm³/mol. The molecule has 0 aromatic carbocycles. The van der Waals surface area contributed by atoms with Gasteiger partial charge in [0.1, 0.15) is 0 Å². The van der Waals surface area contributed by atoms with Crippen molar-refractivity contribution in [2.24, 2.45) is 5.73 Å². The molecule has 0 saturated heterocycles. The summed E-state index contributed by atoms with van der Waals surface area (Å²) >= 11 is 1.72. The van der Waals surface area contributed by atoms with Crippen molar-refractivity contribution in [3.05, 3.63) is 16.1 Å². The Labute approximate surface area is 83.2 Å². The second kappa shape index (κ2) is 3.39. The van der Waals surface area contributed by atoms with Crippen molar-refractivity contribution in [2.75, 3.05) is 0 Å². The summed E-state index contributed by atoms with van der Waals surface area (Å²) in [5, 5.41) is 3.29. The Bertz CT molecular complexity index is 287. The SMILES string of the molecule is Cc1nc(CC2(N)CCCC2)cs1. The Morgan fingerprint density at radius 3 is 2.77 bits per heavy atom. The normalized spacial score (nSPS) is 20.8. The summed E-state index contributed by atoms with van der Waals surface area (Å²) in [5.41, 5.74) is 7.51. The van der Waals surface area contributed by atoms with E-state index in [0.29, 0.717) is 0 Å². The van der Waals surface area contributed by atoms with E-state index in [4.69, 9.17) is 5.73 Å². The molecule has 72 valence electrons. The molecule has 1 aromatic heterocycles. The maximum absolute atomic E-state index is 6.26. The van der Waals surface area contributed by atoms with Crippen molar-refractivity contribution in [3.8, 4) is 0 Å². The maximum atomic E-state index is 6.26. The number of aryl methyl sites for hydroxylation is 1. The lowest BCUT2D eigenvalue weighted by Gasteiger charge is -2.21. The monoisotopic (exact) mass is 196 g/mol. The molecule has 1 heterocycles. The van der Waals surface area contributed by atoms with Crippen LogP contribution < -0.4 is 5.73 Å². The highest BCUT2D eigenvalue weighted by atomic mass is 32.1. The fourth-order valence-electron chi connectivity index (χ4n) is 2.11. The van der Waals surface area contributed by atoms with E-state index in [1.807, 2.05) is 6.92 Å². The van der Waals surface area contributed by atoms with E-state index in [1.165, 1.54) is 31.4 Å². The summed E-state index contributed by atoms with van der Waals surface area (Å²) in [4.78, 5) is 4.46. The van der Waals surface area contributed by atoms with Gasteiger partial charge in [0.2, 0.25) is 0 Å². The summed E-state index contributed by atoms with van der Waals surface area (Å²) < 4.78 is 0. The molecule has 0 aliphatic heterocycles. The van der Waals surface area contributed by atoms with Gasteiger partial charge >= 0.3 is 0 Å². The number of thiazole rings is 1. The molecule has 0 amide bonds. The molecule has 1 aliphatic rings. The standard InChI is InChI=1S/C10H16N2S/c1-8-12-9(7-13-8)6-10(11)4-2-3-5-10/h7H,2-6,11H2,1H3. The molecule has 3 heteroatoms. The molecule has 1 aliphatic carbocycles. The molecule has 0 atom stereocenters. The maximum Gasteiger partial charge on any atom is 0.0897 e. The molecule has 1 fully saturated rings. The predicted octanol–water partition coefficient (Wildman–Crippen LogP) is 2.27. The smallest absolute Gasteiger partial charge is 0.0897 e. The van der Waals surface area contributed by atoms with Crippen molar-refractivity contribution in [2.45, 2.75) is 44.6 Å². The number of nitrogens with zero attached hydrogens (tertiary/aromatic N) is 1. The molecule has 2 rings (SSSR count). The quantitative estimate of drug-likeness (QED) is 0.788. The second-order valence-corrected chi connectivity index (χ2v) is 5.17. The van der Waals surface area contributed by atoms with E-state index in [0.717, 1.165) is 11.4 Å². The lowest BCUT2D eigenvalue weighted by Crippen LogP contribution is -2.38.